The lowest BCUT2D eigenvalue weighted by atomic mass is 10.0. The van der Waals surface area contributed by atoms with E-state index >= 15 is 0 Å². The highest BCUT2D eigenvalue weighted by atomic mass is 35.5. The summed E-state index contributed by atoms with van der Waals surface area (Å²) in [6, 6.07) is 5.23. The van der Waals surface area contributed by atoms with Crippen LogP contribution in [0.3, 0.4) is 0 Å². The minimum atomic E-state index is -0.727. The molecule has 84 valence electrons. The van der Waals surface area contributed by atoms with Crippen molar-refractivity contribution in [3.05, 3.63) is 23.2 Å². The Labute approximate surface area is 95.2 Å². The molecule has 1 aromatic rings. The maximum Gasteiger partial charge on any atom is 0.0788 e. The summed E-state index contributed by atoms with van der Waals surface area (Å²) in [6.45, 7) is 4.16. The molecule has 0 saturated heterocycles. The standard InChI is InChI=1S/C11H17ClN2O/c1-3-11(2,15)7-14-10-6-8(12)4-5-9(10)13/h4-6,14-15H,3,7,13H2,1-2H3. The average Bonchev–Trinajstić information content (AvgIpc) is 2.20. The van der Waals surface area contributed by atoms with Crippen LogP contribution in [0.1, 0.15) is 20.3 Å². The van der Waals surface area contributed by atoms with Gasteiger partial charge in [-0.25, -0.2) is 0 Å². The number of nitrogens with one attached hydrogen (secondary N) is 1. The number of benzene rings is 1. The van der Waals surface area contributed by atoms with E-state index in [4.69, 9.17) is 17.3 Å². The lowest BCUT2D eigenvalue weighted by Gasteiger charge is -2.22. The molecule has 0 radical (unpaired) electrons. The first-order chi connectivity index (χ1) is 6.94. The van der Waals surface area contributed by atoms with Crippen molar-refractivity contribution in [3.63, 3.8) is 0 Å². The number of anilines is 2. The highest BCUT2D eigenvalue weighted by molar-refractivity contribution is 6.31. The van der Waals surface area contributed by atoms with Crippen LogP contribution in [0.4, 0.5) is 11.4 Å². The maximum atomic E-state index is 9.81. The van der Waals surface area contributed by atoms with Gasteiger partial charge < -0.3 is 16.2 Å². The van der Waals surface area contributed by atoms with Gasteiger partial charge in [-0.2, -0.15) is 0 Å². The Balaban J connectivity index is 2.69. The van der Waals surface area contributed by atoms with Gasteiger partial charge in [0.2, 0.25) is 0 Å². The number of rotatable bonds is 4. The second kappa shape index (κ2) is 4.73. The fraction of sp³-hybridized carbons (Fsp3) is 0.455. The van der Waals surface area contributed by atoms with Crippen LogP contribution in [-0.4, -0.2) is 17.3 Å². The van der Waals surface area contributed by atoms with Crippen LogP contribution in [0.25, 0.3) is 0 Å². The van der Waals surface area contributed by atoms with Gasteiger partial charge in [0, 0.05) is 11.6 Å². The first-order valence-corrected chi connectivity index (χ1v) is 5.34. The summed E-state index contributed by atoms with van der Waals surface area (Å²) in [4.78, 5) is 0. The van der Waals surface area contributed by atoms with Crippen molar-refractivity contribution in [2.24, 2.45) is 0 Å². The van der Waals surface area contributed by atoms with Gasteiger partial charge in [-0.3, -0.25) is 0 Å². The fourth-order valence-electron chi connectivity index (χ4n) is 1.09. The molecule has 0 heterocycles. The van der Waals surface area contributed by atoms with Gasteiger partial charge in [0.15, 0.2) is 0 Å². The molecule has 3 nitrogen and oxygen atoms in total. The molecular formula is C11H17ClN2O. The van der Waals surface area contributed by atoms with E-state index in [-0.39, 0.29) is 0 Å². The summed E-state index contributed by atoms with van der Waals surface area (Å²) in [5, 5.41) is 13.5. The summed E-state index contributed by atoms with van der Waals surface area (Å²) in [5.41, 5.74) is 6.42. The van der Waals surface area contributed by atoms with Gasteiger partial charge in [0.05, 0.1) is 17.0 Å². The van der Waals surface area contributed by atoms with E-state index in [0.717, 1.165) is 5.69 Å². The van der Waals surface area contributed by atoms with Gasteiger partial charge in [-0.1, -0.05) is 18.5 Å². The van der Waals surface area contributed by atoms with Gasteiger partial charge >= 0.3 is 0 Å². The average molecular weight is 229 g/mol. The van der Waals surface area contributed by atoms with Crippen LogP contribution in [0.15, 0.2) is 18.2 Å². The molecule has 1 rings (SSSR count). The van der Waals surface area contributed by atoms with Crippen LogP contribution in [0, 0.1) is 0 Å². The van der Waals surface area contributed by atoms with E-state index in [2.05, 4.69) is 5.32 Å². The predicted molar refractivity (Wildman–Crippen MR) is 65.3 cm³/mol. The molecule has 0 aromatic heterocycles. The zero-order chi connectivity index (χ0) is 11.5. The summed E-state index contributed by atoms with van der Waals surface area (Å²) in [6.07, 6.45) is 0.681. The first kappa shape index (κ1) is 12.1. The topological polar surface area (TPSA) is 58.3 Å². The second-order valence-corrected chi connectivity index (χ2v) is 4.37. The SMILES string of the molecule is CCC(C)(O)CNc1cc(Cl)ccc1N. The van der Waals surface area contributed by atoms with E-state index in [1.165, 1.54) is 0 Å². The molecule has 0 aliphatic rings. The quantitative estimate of drug-likeness (QED) is 0.694. The van der Waals surface area contributed by atoms with Gasteiger partial charge in [-0.05, 0) is 31.5 Å². The minimum Gasteiger partial charge on any atom is -0.397 e. The molecule has 15 heavy (non-hydrogen) atoms. The molecule has 0 spiro atoms. The summed E-state index contributed by atoms with van der Waals surface area (Å²) >= 11 is 5.84. The minimum absolute atomic E-state index is 0.452. The van der Waals surface area contributed by atoms with Crippen LogP contribution < -0.4 is 11.1 Å². The zero-order valence-electron chi connectivity index (χ0n) is 9.05. The molecule has 1 aromatic carbocycles. The van der Waals surface area contributed by atoms with Crippen molar-refractivity contribution in [1.82, 2.24) is 0 Å². The molecule has 0 bridgehead atoms. The van der Waals surface area contributed by atoms with Gasteiger partial charge in [-0.15, -0.1) is 0 Å². The van der Waals surface area contributed by atoms with Gasteiger partial charge in [0.25, 0.3) is 0 Å². The number of nitrogens with two attached hydrogens (primary N) is 1. The van der Waals surface area contributed by atoms with Crippen molar-refractivity contribution >= 4 is 23.0 Å². The van der Waals surface area contributed by atoms with E-state index in [0.29, 0.717) is 23.7 Å². The second-order valence-electron chi connectivity index (χ2n) is 3.94. The summed E-state index contributed by atoms with van der Waals surface area (Å²) in [5.74, 6) is 0. The third-order valence-corrected chi connectivity index (χ3v) is 2.67. The van der Waals surface area contributed by atoms with E-state index in [9.17, 15) is 5.11 Å². The zero-order valence-corrected chi connectivity index (χ0v) is 9.80. The number of aliphatic hydroxyl groups is 1. The Morgan fingerprint density at radius 1 is 1.53 bits per heavy atom. The molecule has 0 aliphatic heterocycles. The largest absolute Gasteiger partial charge is 0.397 e. The Bertz CT molecular complexity index is 339. The van der Waals surface area contributed by atoms with E-state index < -0.39 is 5.60 Å². The summed E-state index contributed by atoms with van der Waals surface area (Å²) in [7, 11) is 0. The Hall–Kier alpha value is -0.930. The number of hydrogen-bond donors (Lipinski definition) is 3. The normalized spacial score (nSPS) is 14.7. The third-order valence-electron chi connectivity index (χ3n) is 2.44. The highest BCUT2D eigenvalue weighted by Gasteiger charge is 2.17. The molecule has 0 aliphatic carbocycles. The number of hydrogen-bond acceptors (Lipinski definition) is 3. The smallest absolute Gasteiger partial charge is 0.0788 e. The van der Waals surface area contributed by atoms with Crippen molar-refractivity contribution in [2.75, 3.05) is 17.6 Å². The highest BCUT2D eigenvalue weighted by Crippen LogP contribution is 2.23. The van der Waals surface area contributed by atoms with Crippen molar-refractivity contribution in [3.8, 4) is 0 Å². The maximum absolute atomic E-state index is 9.81. The van der Waals surface area contributed by atoms with Crippen molar-refractivity contribution in [2.45, 2.75) is 25.9 Å². The predicted octanol–water partition coefficient (Wildman–Crippen LogP) is 2.50. The van der Waals surface area contributed by atoms with E-state index in [1.54, 1.807) is 25.1 Å². The van der Waals surface area contributed by atoms with Crippen LogP contribution in [0.5, 0.6) is 0 Å². The molecule has 4 N–H and O–H groups in total. The van der Waals surface area contributed by atoms with Crippen LogP contribution in [-0.2, 0) is 0 Å². The Kier molecular flexibility index (Phi) is 3.83. The number of nitrogen functional groups attached to an aromatic ring is 1. The fourth-order valence-corrected chi connectivity index (χ4v) is 1.26. The lowest BCUT2D eigenvalue weighted by Crippen LogP contribution is -2.32. The van der Waals surface area contributed by atoms with E-state index in [1.807, 2.05) is 6.92 Å². The van der Waals surface area contributed by atoms with Crippen LogP contribution >= 0.6 is 11.6 Å². The molecule has 1 atom stereocenters. The molecule has 0 saturated carbocycles. The summed E-state index contributed by atoms with van der Waals surface area (Å²) < 4.78 is 0. The van der Waals surface area contributed by atoms with Crippen LogP contribution in [0.2, 0.25) is 5.02 Å². The molecule has 1 unspecified atom stereocenters. The van der Waals surface area contributed by atoms with Crippen molar-refractivity contribution in [1.29, 1.82) is 0 Å². The Morgan fingerprint density at radius 3 is 2.80 bits per heavy atom. The molecule has 4 heteroatoms. The monoisotopic (exact) mass is 228 g/mol. The van der Waals surface area contributed by atoms with Crippen molar-refractivity contribution < 1.29 is 5.11 Å². The molecule has 0 amide bonds. The molecule has 0 fully saturated rings. The first-order valence-electron chi connectivity index (χ1n) is 4.96. The molecular weight excluding hydrogens is 212 g/mol. The third kappa shape index (κ3) is 3.61. The Morgan fingerprint density at radius 2 is 2.20 bits per heavy atom. The number of halogens is 1. The lowest BCUT2D eigenvalue weighted by molar-refractivity contribution is 0.0697. The van der Waals surface area contributed by atoms with Gasteiger partial charge in [0.1, 0.15) is 0 Å².